The van der Waals surface area contributed by atoms with E-state index in [9.17, 15) is 9.59 Å². The minimum atomic E-state index is -0.246. The number of amides is 2. The van der Waals surface area contributed by atoms with E-state index in [-0.39, 0.29) is 11.8 Å². The summed E-state index contributed by atoms with van der Waals surface area (Å²) in [6.45, 7) is 3.17. The molecule has 2 rings (SSSR count). The Kier molecular flexibility index (Phi) is 3.99. The van der Waals surface area contributed by atoms with Crippen LogP contribution in [0.2, 0.25) is 0 Å². The molecule has 0 aliphatic carbocycles. The summed E-state index contributed by atoms with van der Waals surface area (Å²) < 4.78 is 0. The van der Waals surface area contributed by atoms with Crippen molar-refractivity contribution in [2.75, 3.05) is 16.4 Å². The fraction of sp³-hybridized carbons (Fsp3) is 0.154. The lowest BCUT2D eigenvalue weighted by Crippen LogP contribution is -2.11. The van der Waals surface area contributed by atoms with Gasteiger partial charge in [-0.25, -0.2) is 4.98 Å². The van der Waals surface area contributed by atoms with E-state index in [1.807, 2.05) is 0 Å². The number of nitrogen functional groups attached to an aromatic ring is 1. The maximum atomic E-state index is 12.0. The van der Waals surface area contributed by atoms with Crippen LogP contribution in [0.3, 0.4) is 0 Å². The number of aryl methyl sites for hydroxylation is 1. The third-order valence-electron chi connectivity index (χ3n) is 2.48. The summed E-state index contributed by atoms with van der Waals surface area (Å²) in [6.07, 6.45) is 0. The van der Waals surface area contributed by atoms with E-state index in [4.69, 9.17) is 5.73 Å². The Morgan fingerprint density at radius 3 is 2.15 bits per heavy atom. The average molecular weight is 290 g/mol. The van der Waals surface area contributed by atoms with E-state index in [2.05, 4.69) is 15.6 Å². The SMILES string of the molecule is CC(=O)Nc1ccc(NC(=O)c2sc(N)nc2C)cc1. The van der Waals surface area contributed by atoms with Crippen LogP contribution in [-0.2, 0) is 4.79 Å². The summed E-state index contributed by atoms with van der Waals surface area (Å²) >= 11 is 1.15. The van der Waals surface area contributed by atoms with E-state index in [0.29, 0.717) is 27.1 Å². The van der Waals surface area contributed by atoms with Gasteiger partial charge in [0.2, 0.25) is 5.91 Å². The maximum Gasteiger partial charge on any atom is 0.267 e. The number of hydrogen-bond acceptors (Lipinski definition) is 5. The van der Waals surface area contributed by atoms with Gasteiger partial charge >= 0.3 is 0 Å². The second kappa shape index (κ2) is 5.70. The Morgan fingerprint density at radius 1 is 1.15 bits per heavy atom. The zero-order valence-electron chi connectivity index (χ0n) is 11.1. The fourth-order valence-corrected chi connectivity index (χ4v) is 2.38. The number of nitrogens with two attached hydrogens (primary N) is 1. The number of carbonyl (C=O) groups is 2. The molecule has 1 aromatic heterocycles. The molecule has 0 atom stereocenters. The molecule has 0 bridgehead atoms. The van der Waals surface area contributed by atoms with Crippen LogP contribution in [0.4, 0.5) is 16.5 Å². The van der Waals surface area contributed by atoms with Gasteiger partial charge in [-0.3, -0.25) is 9.59 Å². The van der Waals surface area contributed by atoms with Crippen molar-refractivity contribution in [1.82, 2.24) is 4.98 Å². The Bertz CT molecular complexity index is 649. The second-order valence-electron chi connectivity index (χ2n) is 4.18. The maximum absolute atomic E-state index is 12.0. The van der Waals surface area contributed by atoms with Crippen molar-refractivity contribution in [3.8, 4) is 0 Å². The third kappa shape index (κ3) is 3.33. The summed E-state index contributed by atoms with van der Waals surface area (Å²) in [7, 11) is 0. The Morgan fingerprint density at radius 2 is 1.70 bits per heavy atom. The normalized spacial score (nSPS) is 10.1. The molecule has 7 heteroatoms. The predicted octanol–water partition coefficient (Wildman–Crippen LogP) is 2.24. The van der Waals surface area contributed by atoms with Crippen LogP contribution in [0.25, 0.3) is 0 Å². The van der Waals surface area contributed by atoms with Crippen molar-refractivity contribution < 1.29 is 9.59 Å². The van der Waals surface area contributed by atoms with Crippen molar-refractivity contribution in [2.24, 2.45) is 0 Å². The second-order valence-corrected chi connectivity index (χ2v) is 5.21. The monoisotopic (exact) mass is 290 g/mol. The largest absolute Gasteiger partial charge is 0.375 e. The minimum Gasteiger partial charge on any atom is -0.375 e. The molecule has 0 spiro atoms. The lowest BCUT2D eigenvalue weighted by Gasteiger charge is -2.06. The molecule has 0 saturated heterocycles. The lowest BCUT2D eigenvalue weighted by molar-refractivity contribution is -0.114. The number of benzene rings is 1. The van der Waals surface area contributed by atoms with Crippen molar-refractivity contribution in [3.05, 3.63) is 34.8 Å². The highest BCUT2D eigenvalue weighted by Gasteiger charge is 2.14. The number of aromatic nitrogens is 1. The van der Waals surface area contributed by atoms with Gasteiger partial charge in [0.25, 0.3) is 5.91 Å². The first-order chi connectivity index (χ1) is 9.45. The molecule has 0 radical (unpaired) electrons. The summed E-state index contributed by atoms with van der Waals surface area (Å²) in [5.74, 6) is -0.387. The average Bonchev–Trinajstić information content (AvgIpc) is 2.70. The summed E-state index contributed by atoms with van der Waals surface area (Å²) in [5, 5.41) is 5.78. The molecule has 6 nitrogen and oxygen atoms in total. The van der Waals surface area contributed by atoms with Gasteiger partial charge in [0.15, 0.2) is 5.13 Å². The van der Waals surface area contributed by atoms with E-state index >= 15 is 0 Å². The van der Waals surface area contributed by atoms with Crippen LogP contribution >= 0.6 is 11.3 Å². The first-order valence-corrected chi connectivity index (χ1v) is 6.69. The molecule has 4 N–H and O–H groups in total. The Labute approximate surface area is 120 Å². The first kappa shape index (κ1) is 14.0. The zero-order valence-corrected chi connectivity index (χ0v) is 11.9. The molecule has 0 fully saturated rings. The molecular weight excluding hydrogens is 276 g/mol. The quantitative estimate of drug-likeness (QED) is 0.807. The molecule has 0 unspecified atom stereocenters. The predicted molar refractivity (Wildman–Crippen MR) is 80.0 cm³/mol. The number of hydrogen-bond donors (Lipinski definition) is 3. The van der Waals surface area contributed by atoms with Gasteiger partial charge in [-0.05, 0) is 31.2 Å². The highest BCUT2D eigenvalue weighted by molar-refractivity contribution is 7.17. The lowest BCUT2D eigenvalue weighted by atomic mass is 10.2. The van der Waals surface area contributed by atoms with Crippen LogP contribution in [0, 0.1) is 6.92 Å². The van der Waals surface area contributed by atoms with E-state index in [1.165, 1.54) is 6.92 Å². The number of rotatable bonds is 3. The summed E-state index contributed by atoms with van der Waals surface area (Å²) in [5.41, 5.74) is 7.48. The van der Waals surface area contributed by atoms with E-state index in [1.54, 1.807) is 31.2 Å². The minimum absolute atomic E-state index is 0.141. The van der Waals surface area contributed by atoms with Crippen LogP contribution in [-0.4, -0.2) is 16.8 Å². The number of anilines is 3. The van der Waals surface area contributed by atoms with Crippen molar-refractivity contribution in [2.45, 2.75) is 13.8 Å². The van der Waals surface area contributed by atoms with Crippen molar-refractivity contribution in [3.63, 3.8) is 0 Å². The highest BCUT2D eigenvalue weighted by Crippen LogP contribution is 2.21. The van der Waals surface area contributed by atoms with Crippen LogP contribution in [0.5, 0.6) is 0 Å². The molecule has 2 amide bonds. The van der Waals surface area contributed by atoms with Crippen molar-refractivity contribution >= 4 is 39.7 Å². The number of thiazole rings is 1. The molecule has 20 heavy (non-hydrogen) atoms. The standard InChI is InChI=1S/C13H14N4O2S/c1-7-11(20-13(14)15-7)12(19)17-10-5-3-9(4-6-10)16-8(2)18/h3-6H,1-2H3,(H2,14,15)(H,16,18)(H,17,19). The van der Waals surface area contributed by atoms with Gasteiger partial charge in [-0.1, -0.05) is 11.3 Å². The first-order valence-electron chi connectivity index (χ1n) is 5.87. The molecule has 1 aromatic carbocycles. The van der Waals surface area contributed by atoms with Gasteiger partial charge in [0.05, 0.1) is 5.69 Å². The Hall–Kier alpha value is -2.41. The summed E-state index contributed by atoms with van der Waals surface area (Å²) in [6, 6.07) is 6.85. The number of nitrogens with one attached hydrogen (secondary N) is 2. The fourth-order valence-electron chi connectivity index (χ4n) is 1.66. The molecule has 0 saturated carbocycles. The summed E-state index contributed by atoms with van der Waals surface area (Å²) in [4.78, 5) is 27.4. The van der Waals surface area contributed by atoms with Crippen molar-refractivity contribution in [1.29, 1.82) is 0 Å². The van der Waals surface area contributed by atoms with E-state index < -0.39 is 0 Å². The Balaban J connectivity index is 2.08. The zero-order chi connectivity index (χ0) is 14.7. The van der Waals surface area contributed by atoms with Gasteiger partial charge < -0.3 is 16.4 Å². The molecule has 2 aromatic rings. The smallest absolute Gasteiger partial charge is 0.267 e. The topological polar surface area (TPSA) is 97.1 Å². The molecule has 0 aliphatic rings. The number of nitrogens with zero attached hydrogens (tertiary/aromatic N) is 1. The van der Waals surface area contributed by atoms with Crippen LogP contribution in [0.1, 0.15) is 22.3 Å². The van der Waals surface area contributed by atoms with Gasteiger partial charge in [0, 0.05) is 18.3 Å². The highest BCUT2D eigenvalue weighted by atomic mass is 32.1. The van der Waals surface area contributed by atoms with E-state index in [0.717, 1.165) is 11.3 Å². The van der Waals surface area contributed by atoms with Gasteiger partial charge in [-0.2, -0.15) is 0 Å². The van der Waals surface area contributed by atoms with Gasteiger partial charge in [-0.15, -0.1) is 0 Å². The molecule has 0 aliphatic heterocycles. The van der Waals surface area contributed by atoms with Crippen LogP contribution < -0.4 is 16.4 Å². The third-order valence-corrected chi connectivity index (χ3v) is 3.47. The molecular formula is C13H14N4O2S. The molecule has 1 heterocycles. The number of carbonyl (C=O) groups excluding carboxylic acids is 2. The van der Waals surface area contributed by atoms with Crippen LogP contribution in [0.15, 0.2) is 24.3 Å². The van der Waals surface area contributed by atoms with Gasteiger partial charge in [0.1, 0.15) is 4.88 Å². The molecule has 104 valence electrons.